The molecule has 1 spiro atoms. The third-order valence-electron chi connectivity index (χ3n) is 5.51. The Balaban J connectivity index is 1.92. The van der Waals surface area contributed by atoms with Crippen LogP contribution < -0.4 is 10.6 Å². The fourth-order valence-electron chi connectivity index (χ4n) is 4.60. The van der Waals surface area contributed by atoms with E-state index in [1.165, 1.54) is 10.9 Å². The van der Waals surface area contributed by atoms with Crippen LogP contribution in [-0.2, 0) is 23.8 Å². The van der Waals surface area contributed by atoms with Gasteiger partial charge in [-0.15, -0.1) is 0 Å². The van der Waals surface area contributed by atoms with E-state index in [9.17, 15) is 4.79 Å². The molecule has 3 aromatic rings. The van der Waals surface area contributed by atoms with Gasteiger partial charge < -0.3 is 9.88 Å². The molecule has 0 bridgehead atoms. The van der Waals surface area contributed by atoms with Gasteiger partial charge in [-0.25, -0.2) is 0 Å². The van der Waals surface area contributed by atoms with Crippen molar-refractivity contribution < 1.29 is 4.79 Å². The molecule has 2 N–H and O–H groups in total. The molecule has 1 aromatic heterocycles. The van der Waals surface area contributed by atoms with Crippen LogP contribution in [-0.4, -0.2) is 16.5 Å². The number of fused-ring (bicyclic) bond motifs is 6. The Hall–Kier alpha value is -2.30. The summed E-state index contributed by atoms with van der Waals surface area (Å²) in [7, 11) is 2.04. The number of nitrogens with zero attached hydrogens (tertiary/aromatic N) is 1. The van der Waals surface area contributed by atoms with Crippen LogP contribution in [0, 0.1) is 0 Å². The van der Waals surface area contributed by atoms with Crippen LogP contribution in [0.3, 0.4) is 0 Å². The van der Waals surface area contributed by atoms with Crippen molar-refractivity contribution in [3.8, 4) is 0 Å². The van der Waals surface area contributed by atoms with Crippen LogP contribution in [0.25, 0.3) is 10.9 Å². The van der Waals surface area contributed by atoms with Crippen LogP contribution in [0.5, 0.6) is 0 Å². The van der Waals surface area contributed by atoms with Crippen LogP contribution in [0.1, 0.15) is 23.7 Å². The number of amides is 1. The molecule has 2 aliphatic heterocycles. The van der Waals surface area contributed by atoms with E-state index in [1.54, 1.807) is 0 Å². The Labute approximate surface area is 150 Å². The number of carbonyl (C=O) groups is 1. The summed E-state index contributed by atoms with van der Waals surface area (Å²) < 4.78 is 2.15. The topological polar surface area (TPSA) is 46.1 Å². The van der Waals surface area contributed by atoms with E-state index in [2.05, 4.69) is 40.3 Å². The molecule has 2 aliphatic rings. The van der Waals surface area contributed by atoms with Gasteiger partial charge in [-0.05, 0) is 43.2 Å². The minimum absolute atomic E-state index is 0.0385. The second-order valence-corrected chi connectivity index (χ2v) is 7.48. The first-order chi connectivity index (χ1) is 12.0. The van der Waals surface area contributed by atoms with E-state index in [-0.39, 0.29) is 11.9 Å². The van der Waals surface area contributed by atoms with Crippen LogP contribution in [0.2, 0.25) is 5.02 Å². The summed E-state index contributed by atoms with van der Waals surface area (Å²) in [6.45, 7) is 2.13. The highest BCUT2D eigenvalue weighted by Gasteiger charge is 2.54. The molecule has 2 aromatic carbocycles. The molecule has 0 radical (unpaired) electrons. The third kappa shape index (κ3) is 1.78. The van der Waals surface area contributed by atoms with Crippen molar-refractivity contribution in [3.05, 3.63) is 64.3 Å². The Bertz CT molecular complexity index is 1050. The van der Waals surface area contributed by atoms with Gasteiger partial charge in [0.05, 0.1) is 5.69 Å². The van der Waals surface area contributed by atoms with Crippen molar-refractivity contribution in [2.24, 2.45) is 7.05 Å². The van der Waals surface area contributed by atoms with E-state index in [0.29, 0.717) is 5.02 Å². The molecule has 0 saturated heterocycles. The molecule has 0 fully saturated rings. The van der Waals surface area contributed by atoms with Gasteiger partial charge in [-0.1, -0.05) is 29.8 Å². The van der Waals surface area contributed by atoms with Crippen LogP contribution in [0.4, 0.5) is 5.69 Å². The number of anilines is 1. The van der Waals surface area contributed by atoms with E-state index in [4.69, 9.17) is 11.6 Å². The lowest BCUT2D eigenvalue weighted by atomic mass is 9.79. The normalized spacial score (nSPS) is 24.4. The highest BCUT2D eigenvalue weighted by molar-refractivity contribution is 6.31. The Morgan fingerprint density at radius 1 is 1.24 bits per heavy atom. The smallest absolute Gasteiger partial charge is 0.255 e. The maximum absolute atomic E-state index is 13.2. The average molecular weight is 352 g/mol. The lowest BCUT2D eigenvalue weighted by molar-refractivity contribution is -0.121. The van der Waals surface area contributed by atoms with Crippen molar-refractivity contribution in [1.82, 2.24) is 9.88 Å². The molecule has 126 valence electrons. The third-order valence-corrected chi connectivity index (χ3v) is 5.75. The molecule has 25 heavy (non-hydrogen) atoms. The van der Waals surface area contributed by atoms with E-state index in [0.717, 1.165) is 28.9 Å². The first kappa shape index (κ1) is 15.0. The quantitative estimate of drug-likeness (QED) is 0.650. The molecule has 1 amide bonds. The number of nitrogens with one attached hydrogen (secondary N) is 2. The molecule has 2 atom stereocenters. The highest BCUT2D eigenvalue weighted by atomic mass is 35.5. The molecular weight excluding hydrogens is 334 g/mol. The largest absolute Gasteiger partial charge is 0.345 e. The Kier molecular flexibility index (Phi) is 2.92. The summed E-state index contributed by atoms with van der Waals surface area (Å²) in [6, 6.07) is 14.1. The molecule has 1 unspecified atom stereocenters. The van der Waals surface area contributed by atoms with Gasteiger partial charge in [-0.3, -0.25) is 10.1 Å². The number of benzene rings is 2. The number of rotatable bonds is 0. The number of hydrogen-bond acceptors (Lipinski definition) is 2. The Morgan fingerprint density at radius 2 is 2.04 bits per heavy atom. The fourth-order valence-corrected chi connectivity index (χ4v) is 4.78. The predicted octanol–water partition coefficient (Wildman–Crippen LogP) is 3.56. The second-order valence-electron chi connectivity index (χ2n) is 7.05. The zero-order chi connectivity index (χ0) is 17.3. The van der Waals surface area contributed by atoms with Gasteiger partial charge in [0.2, 0.25) is 0 Å². The standard InChI is InChI=1S/C20H18ClN3O/c1-11-9-14-13-5-3-4-6-17(13)24(2)18(14)20(23-11)15-10-12(21)7-8-16(15)22-19(20)25/h3-8,10-11,23H,9H2,1-2H3,(H,22,25)/t11-,20?/m0/s1. The van der Waals surface area contributed by atoms with Crippen molar-refractivity contribution in [1.29, 1.82) is 0 Å². The number of aryl methyl sites for hydroxylation is 1. The molecular formula is C20H18ClN3O. The van der Waals surface area contributed by atoms with Crippen molar-refractivity contribution in [2.75, 3.05) is 5.32 Å². The predicted molar refractivity (Wildman–Crippen MR) is 100 cm³/mol. The zero-order valence-electron chi connectivity index (χ0n) is 14.1. The second kappa shape index (κ2) is 4.87. The van der Waals surface area contributed by atoms with E-state index in [1.807, 2.05) is 31.3 Å². The number of halogens is 1. The lowest BCUT2D eigenvalue weighted by Crippen LogP contribution is -2.57. The van der Waals surface area contributed by atoms with Gasteiger partial charge in [0.1, 0.15) is 0 Å². The lowest BCUT2D eigenvalue weighted by Gasteiger charge is -2.38. The average Bonchev–Trinajstić information content (AvgIpc) is 3.02. The summed E-state index contributed by atoms with van der Waals surface area (Å²) >= 11 is 6.28. The number of hydrogen-bond donors (Lipinski definition) is 2. The fraction of sp³-hybridized carbons (Fsp3) is 0.250. The first-order valence-electron chi connectivity index (χ1n) is 8.48. The number of aromatic nitrogens is 1. The van der Waals surface area contributed by atoms with Crippen LogP contribution in [0.15, 0.2) is 42.5 Å². The number of carbonyl (C=O) groups excluding carboxylic acids is 1. The molecule has 4 nitrogen and oxygen atoms in total. The number of para-hydroxylation sites is 1. The van der Waals surface area contributed by atoms with Gasteiger partial charge in [0.15, 0.2) is 5.54 Å². The molecule has 5 rings (SSSR count). The summed E-state index contributed by atoms with van der Waals surface area (Å²) in [4.78, 5) is 13.2. The first-order valence-corrected chi connectivity index (χ1v) is 8.86. The van der Waals surface area contributed by atoms with Crippen molar-refractivity contribution >= 4 is 34.1 Å². The monoisotopic (exact) mass is 351 g/mol. The summed E-state index contributed by atoms with van der Waals surface area (Å²) in [6.07, 6.45) is 0.890. The van der Waals surface area contributed by atoms with E-state index < -0.39 is 5.54 Å². The highest BCUT2D eigenvalue weighted by Crippen LogP contribution is 2.47. The van der Waals surface area contributed by atoms with Gasteiger partial charge in [-0.2, -0.15) is 0 Å². The van der Waals surface area contributed by atoms with Crippen molar-refractivity contribution in [2.45, 2.75) is 24.9 Å². The van der Waals surface area contributed by atoms with Crippen LogP contribution >= 0.6 is 11.6 Å². The maximum atomic E-state index is 13.2. The van der Waals surface area contributed by atoms with Crippen molar-refractivity contribution in [3.63, 3.8) is 0 Å². The SMILES string of the molecule is C[C@H]1Cc2c(n(C)c3ccccc23)C2(N1)C(=O)Nc1ccc(Cl)cc12. The van der Waals surface area contributed by atoms with Gasteiger partial charge in [0.25, 0.3) is 5.91 Å². The van der Waals surface area contributed by atoms with Gasteiger partial charge in [0, 0.05) is 40.3 Å². The van der Waals surface area contributed by atoms with E-state index >= 15 is 0 Å². The molecule has 0 aliphatic carbocycles. The summed E-state index contributed by atoms with van der Waals surface area (Å²) in [5.41, 5.74) is 4.24. The zero-order valence-corrected chi connectivity index (χ0v) is 14.8. The Morgan fingerprint density at radius 3 is 2.88 bits per heavy atom. The summed E-state index contributed by atoms with van der Waals surface area (Å²) in [5.74, 6) is -0.0385. The van der Waals surface area contributed by atoms with Gasteiger partial charge >= 0.3 is 0 Å². The summed E-state index contributed by atoms with van der Waals surface area (Å²) in [5, 5.41) is 8.49. The molecule has 5 heteroatoms. The minimum atomic E-state index is -0.902. The molecule has 3 heterocycles. The minimum Gasteiger partial charge on any atom is -0.345 e. The molecule has 0 saturated carbocycles. The maximum Gasteiger partial charge on any atom is 0.255 e.